The van der Waals surface area contributed by atoms with E-state index in [9.17, 15) is 8.42 Å². The van der Waals surface area contributed by atoms with Crippen molar-refractivity contribution in [1.82, 2.24) is 14.5 Å². The first-order chi connectivity index (χ1) is 8.39. The summed E-state index contributed by atoms with van der Waals surface area (Å²) >= 11 is 0. The molecule has 0 saturated carbocycles. The molecule has 1 saturated heterocycles. The number of sulfonamides is 1. The lowest BCUT2D eigenvalue weighted by molar-refractivity contribution is 0.169. The molecule has 3 N–H and O–H groups in total. The Kier molecular flexibility index (Phi) is 3.37. The Morgan fingerprint density at radius 3 is 2.56 bits per heavy atom. The Bertz CT molecular complexity index is 515. The average molecular weight is 272 g/mol. The molecule has 1 fully saturated rings. The van der Waals surface area contributed by atoms with Crippen molar-refractivity contribution in [1.29, 1.82) is 0 Å². The van der Waals surface area contributed by atoms with Gasteiger partial charge in [0.2, 0.25) is 10.0 Å². The topological polar surface area (TPSA) is 92.1 Å². The molecule has 7 heteroatoms. The van der Waals surface area contributed by atoms with Gasteiger partial charge in [0.25, 0.3) is 0 Å². The molecule has 102 valence electrons. The van der Waals surface area contributed by atoms with Crippen LogP contribution < -0.4 is 5.73 Å². The zero-order chi connectivity index (χ0) is 13.4. The molecule has 1 aromatic heterocycles. The number of nitrogens with one attached hydrogen (secondary N) is 1. The maximum absolute atomic E-state index is 12.4. The highest BCUT2D eigenvalue weighted by molar-refractivity contribution is 7.89. The number of aromatic amines is 1. The molecule has 0 spiro atoms. The SMILES string of the molecule is CCC1(C)CCN(S(=O)(=O)c2cn[nH]c2N)CC1. The normalized spacial score (nSPS) is 21.0. The van der Waals surface area contributed by atoms with Crippen LogP contribution in [-0.2, 0) is 10.0 Å². The highest BCUT2D eigenvalue weighted by atomic mass is 32.2. The van der Waals surface area contributed by atoms with Crippen molar-refractivity contribution in [3.8, 4) is 0 Å². The molecular formula is C11H20N4O2S. The van der Waals surface area contributed by atoms with Gasteiger partial charge in [-0.25, -0.2) is 8.42 Å². The van der Waals surface area contributed by atoms with E-state index in [0.29, 0.717) is 13.1 Å². The van der Waals surface area contributed by atoms with Crippen molar-refractivity contribution in [3.05, 3.63) is 6.20 Å². The summed E-state index contributed by atoms with van der Waals surface area (Å²) in [5.74, 6) is 0.110. The maximum Gasteiger partial charge on any atom is 0.248 e. The number of aromatic nitrogens is 2. The molecule has 18 heavy (non-hydrogen) atoms. The van der Waals surface area contributed by atoms with Crippen LogP contribution in [0.2, 0.25) is 0 Å². The van der Waals surface area contributed by atoms with Crippen molar-refractivity contribution in [2.75, 3.05) is 18.8 Å². The predicted octanol–water partition coefficient (Wildman–Crippen LogP) is 1.19. The quantitative estimate of drug-likeness (QED) is 0.864. The maximum atomic E-state index is 12.4. The van der Waals surface area contributed by atoms with E-state index in [0.717, 1.165) is 19.3 Å². The molecule has 2 heterocycles. The van der Waals surface area contributed by atoms with Gasteiger partial charge in [-0.3, -0.25) is 5.10 Å². The highest BCUT2D eigenvalue weighted by Gasteiger charge is 2.35. The van der Waals surface area contributed by atoms with E-state index in [1.54, 1.807) is 0 Å². The van der Waals surface area contributed by atoms with Gasteiger partial charge < -0.3 is 5.73 Å². The number of hydrogen-bond donors (Lipinski definition) is 2. The van der Waals surface area contributed by atoms with Crippen LogP contribution in [0.15, 0.2) is 11.1 Å². The van der Waals surface area contributed by atoms with Crippen LogP contribution in [0.25, 0.3) is 0 Å². The van der Waals surface area contributed by atoms with Crippen LogP contribution in [0.3, 0.4) is 0 Å². The fraction of sp³-hybridized carbons (Fsp3) is 0.727. The fourth-order valence-corrected chi connectivity index (χ4v) is 3.70. The lowest BCUT2D eigenvalue weighted by atomic mass is 9.79. The van der Waals surface area contributed by atoms with Crippen molar-refractivity contribution < 1.29 is 8.42 Å². The second-order valence-electron chi connectivity index (χ2n) is 5.22. The third-order valence-electron chi connectivity index (χ3n) is 4.03. The second-order valence-corrected chi connectivity index (χ2v) is 7.12. The van der Waals surface area contributed by atoms with Crippen molar-refractivity contribution >= 4 is 15.8 Å². The minimum Gasteiger partial charge on any atom is -0.383 e. The minimum atomic E-state index is -3.49. The molecule has 0 unspecified atom stereocenters. The lowest BCUT2D eigenvalue weighted by Gasteiger charge is -2.38. The number of H-pyrrole nitrogens is 1. The van der Waals surface area contributed by atoms with E-state index in [1.807, 2.05) is 0 Å². The summed E-state index contributed by atoms with van der Waals surface area (Å²) in [6.45, 7) is 5.47. The number of nitrogens with two attached hydrogens (primary N) is 1. The van der Waals surface area contributed by atoms with Gasteiger partial charge in [-0.05, 0) is 18.3 Å². The third kappa shape index (κ3) is 2.24. The summed E-state index contributed by atoms with van der Waals surface area (Å²) in [5, 5.41) is 6.13. The standard InChI is InChI=1S/C11H20N4O2S/c1-3-11(2)4-6-15(7-5-11)18(16,17)9-8-13-14-10(9)12/h8H,3-7H2,1-2H3,(H3,12,13,14). The smallest absolute Gasteiger partial charge is 0.248 e. The first kappa shape index (κ1) is 13.4. The first-order valence-corrected chi connectivity index (χ1v) is 7.62. The molecule has 1 aromatic rings. The Morgan fingerprint density at radius 1 is 1.50 bits per heavy atom. The number of piperidine rings is 1. The molecule has 0 bridgehead atoms. The Balaban J connectivity index is 2.17. The predicted molar refractivity (Wildman–Crippen MR) is 69.4 cm³/mol. The van der Waals surface area contributed by atoms with Gasteiger partial charge in [-0.1, -0.05) is 20.3 Å². The molecule has 2 rings (SSSR count). The summed E-state index contributed by atoms with van der Waals surface area (Å²) in [4.78, 5) is 0.0857. The van der Waals surface area contributed by atoms with Gasteiger partial charge in [-0.15, -0.1) is 0 Å². The lowest BCUT2D eigenvalue weighted by Crippen LogP contribution is -2.41. The number of hydrogen-bond acceptors (Lipinski definition) is 4. The van der Waals surface area contributed by atoms with E-state index < -0.39 is 10.0 Å². The van der Waals surface area contributed by atoms with Crippen molar-refractivity contribution in [2.45, 2.75) is 38.0 Å². The molecule has 0 atom stereocenters. The van der Waals surface area contributed by atoms with E-state index in [-0.39, 0.29) is 16.1 Å². The van der Waals surface area contributed by atoms with Gasteiger partial charge >= 0.3 is 0 Å². The van der Waals surface area contributed by atoms with Gasteiger partial charge in [0.05, 0.1) is 6.20 Å². The van der Waals surface area contributed by atoms with Crippen LogP contribution in [0, 0.1) is 5.41 Å². The number of rotatable bonds is 3. The number of nitrogen functional groups attached to an aromatic ring is 1. The summed E-state index contributed by atoms with van der Waals surface area (Å²) in [7, 11) is -3.49. The van der Waals surface area contributed by atoms with Gasteiger partial charge in [0.15, 0.2) is 0 Å². The zero-order valence-corrected chi connectivity index (χ0v) is 11.6. The van der Waals surface area contributed by atoms with E-state index >= 15 is 0 Å². The largest absolute Gasteiger partial charge is 0.383 e. The molecule has 6 nitrogen and oxygen atoms in total. The number of nitrogens with zero attached hydrogens (tertiary/aromatic N) is 2. The van der Waals surface area contributed by atoms with E-state index in [4.69, 9.17) is 5.73 Å². The minimum absolute atomic E-state index is 0.0857. The number of anilines is 1. The van der Waals surface area contributed by atoms with Crippen LogP contribution in [0.4, 0.5) is 5.82 Å². The summed E-state index contributed by atoms with van der Waals surface area (Å²) < 4.78 is 26.2. The van der Waals surface area contributed by atoms with Crippen LogP contribution >= 0.6 is 0 Å². The second kappa shape index (κ2) is 4.55. The molecule has 0 radical (unpaired) electrons. The first-order valence-electron chi connectivity index (χ1n) is 6.18. The summed E-state index contributed by atoms with van der Waals surface area (Å²) in [6, 6.07) is 0. The molecule has 0 aliphatic carbocycles. The Labute approximate surface area is 108 Å². The fourth-order valence-electron chi connectivity index (χ4n) is 2.25. The van der Waals surface area contributed by atoms with Crippen LogP contribution in [0.5, 0.6) is 0 Å². The molecular weight excluding hydrogens is 252 g/mol. The van der Waals surface area contributed by atoms with Crippen LogP contribution in [-0.4, -0.2) is 36.0 Å². The van der Waals surface area contributed by atoms with Crippen LogP contribution in [0.1, 0.15) is 33.1 Å². The van der Waals surface area contributed by atoms with Gasteiger partial charge in [0.1, 0.15) is 10.7 Å². The average Bonchev–Trinajstić information content (AvgIpc) is 2.77. The Hall–Kier alpha value is -1.08. The van der Waals surface area contributed by atoms with E-state index in [2.05, 4.69) is 24.0 Å². The molecule has 0 aromatic carbocycles. The zero-order valence-electron chi connectivity index (χ0n) is 10.8. The molecule has 0 amide bonds. The van der Waals surface area contributed by atoms with Gasteiger partial charge in [-0.2, -0.15) is 9.40 Å². The van der Waals surface area contributed by atoms with Crippen molar-refractivity contribution in [3.63, 3.8) is 0 Å². The Morgan fingerprint density at radius 2 is 2.11 bits per heavy atom. The third-order valence-corrected chi connectivity index (χ3v) is 5.96. The summed E-state index contributed by atoms with van der Waals surface area (Å²) in [5.41, 5.74) is 5.85. The molecule has 1 aliphatic rings. The van der Waals surface area contributed by atoms with Gasteiger partial charge in [0, 0.05) is 13.1 Å². The summed E-state index contributed by atoms with van der Waals surface area (Å²) in [6.07, 6.45) is 4.13. The molecule has 1 aliphatic heterocycles. The van der Waals surface area contributed by atoms with Crippen molar-refractivity contribution in [2.24, 2.45) is 5.41 Å². The van der Waals surface area contributed by atoms with E-state index in [1.165, 1.54) is 10.5 Å². The highest BCUT2D eigenvalue weighted by Crippen LogP contribution is 2.36. The monoisotopic (exact) mass is 272 g/mol.